The van der Waals surface area contributed by atoms with E-state index < -0.39 is 0 Å². The van der Waals surface area contributed by atoms with Gasteiger partial charge in [0.15, 0.2) is 5.78 Å². The maximum absolute atomic E-state index is 10.8. The maximum atomic E-state index is 10.8. The van der Waals surface area contributed by atoms with Gasteiger partial charge in [-0.05, 0) is 19.1 Å². The summed E-state index contributed by atoms with van der Waals surface area (Å²) in [5, 5.41) is 0.515. The Balaban J connectivity index is 0.00000121. The second kappa shape index (κ2) is 5.30. The molecule has 0 bridgehead atoms. The molecule has 59 valence electrons. The fourth-order valence-electron chi connectivity index (χ4n) is 0.726. The predicted octanol–water partition coefficient (Wildman–Crippen LogP) is 2.45. The molecule has 0 heterocycles. The smallest absolute Gasteiger partial charge is 0.159 e. The van der Waals surface area contributed by atoms with Crippen molar-refractivity contribution in [3.63, 3.8) is 0 Å². The van der Waals surface area contributed by atoms with E-state index in [9.17, 15) is 4.79 Å². The zero-order chi connectivity index (χ0) is 8.43. The molecule has 0 aromatic heterocycles. The summed E-state index contributed by atoms with van der Waals surface area (Å²) in [5.41, 5.74) is 0.618. The van der Waals surface area contributed by atoms with Crippen LogP contribution in [0.25, 0.3) is 0 Å². The average molecular weight is 210 g/mol. The molecule has 12 heavy (non-hydrogen) atoms. The third kappa shape index (κ3) is 3.11. The van der Waals surface area contributed by atoms with Gasteiger partial charge >= 0.3 is 0 Å². The molecule has 0 saturated carbocycles. The molecule has 0 atom stereocenters. The van der Waals surface area contributed by atoms with Crippen molar-refractivity contribution in [2.75, 3.05) is 0 Å². The number of halogens is 1. The van der Waals surface area contributed by atoms with Crippen molar-refractivity contribution in [3.05, 3.63) is 28.8 Å². The van der Waals surface area contributed by atoms with E-state index in [1.165, 1.54) is 6.92 Å². The molecule has 1 nitrogen and oxygen atoms in total. The van der Waals surface area contributed by atoms with Crippen LogP contribution in [0.3, 0.4) is 0 Å². The molecule has 4 heteroatoms. The molecule has 0 unspecified atom stereocenters. The van der Waals surface area contributed by atoms with E-state index in [1.54, 1.807) is 18.2 Å². The normalized spacial score (nSPS) is 8.92. The molecule has 0 amide bonds. The molecule has 1 rings (SSSR count). The summed E-state index contributed by atoms with van der Waals surface area (Å²) in [6.07, 6.45) is 0. The standard InChI is InChI=1S/C8H7ClOS.Na/c1-5(10)6-2-3-8(11)7(9)4-6;/h2-4,11H,1H3;. The Morgan fingerprint density at radius 1 is 1.50 bits per heavy atom. The van der Waals surface area contributed by atoms with Crippen LogP contribution in [0.2, 0.25) is 5.02 Å². The van der Waals surface area contributed by atoms with Gasteiger partial charge in [0.2, 0.25) is 0 Å². The zero-order valence-corrected chi connectivity index (χ0v) is 10.6. The van der Waals surface area contributed by atoms with Gasteiger partial charge in [0.05, 0.1) is 5.02 Å². The Morgan fingerprint density at radius 3 is 2.50 bits per heavy atom. The SMILES string of the molecule is CC(=O)c1ccc(S)c(Cl)c1.[Na]. The molecule has 0 N–H and O–H groups in total. The van der Waals surface area contributed by atoms with Crippen molar-refractivity contribution in [1.82, 2.24) is 0 Å². The Kier molecular flexibility index (Phi) is 5.53. The molecule has 0 aliphatic heterocycles. The van der Waals surface area contributed by atoms with Crippen LogP contribution >= 0.6 is 24.2 Å². The number of carbonyl (C=O) groups excluding carboxylic acids is 1. The quantitative estimate of drug-likeness (QED) is 0.427. The minimum absolute atomic E-state index is 0. The molecule has 1 radical (unpaired) electrons. The Labute approximate surface area is 104 Å². The number of carbonyl (C=O) groups is 1. The fourth-order valence-corrected chi connectivity index (χ4v) is 1.05. The third-order valence-corrected chi connectivity index (χ3v) is 2.19. The number of hydrogen-bond acceptors (Lipinski definition) is 2. The summed E-state index contributed by atoms with van der Waals surface area (Å²) in [7, 11) is 0. The van der Waals surface area contributed by atoms with Crippen molar-refractivity contribution < 1.29 is 4.79 Å². The second-order valence-corrected chi connectivity index (χ2v) is 3.11. The molecule has 0 fully saturated rings. The van der Waals surface area contributed by atoms with E-state index >= 15 is 0 Å². The summed E-state index contributed by atoms with van der Waals surface area (Å²) in [6.45, 7) is 1.50. The van der Waals surface area contributed by atoms with Crippen LogP contribution in [0.1, 0.15) is 17.3 Å². The Hall–Kier alpha value is 0.530. The molecule has 1 aromatic rings. The van der Waals surface area contributed by atoms with Gasteiger partial charge in [0.25, 0.3) is 0 Å². The molecule has 0 saturated heterocycles. The van der Waals surface area contributed by atoms with E-state index in [2.05, 4.69) is 12.6 Å². The molecule has 0 aliphatic carbocycles. The Morgan fingerprint density at radius 2 is 2.08 bits per heavy atom. The van der Waals surface area contributed by atoms with Crippen molar-refractivity contribution in [1.29, 1.82) is 0 Å². The van der Waals surface area contributed by atoms with Crippen molar-refractivity contribution in [2.24, 2.45) is 0 Å². The summed E-state index contributed by atoms with van der Waals surface area (Å²) in [5.74, 6) is 0.0141. The number of thiol groups is 1. The monoisotopic (exact) mass is 209 g/mol. The van der Waals surface area contributed by atoms with Gasteiger partial charge in [-0.15, -0.1) is 12.6 Å². The maximum Gasteiger partial charge on any atom is 0.159 e. The molecular weight excluding hydrogens is 203 g/mol. The summed E-state index contributed by atoms with van der Waals surface area (Å²) >= 11 is 9.80. The van der Waals surface area contributed by atoms with Gasteiger partial charge in [-0.3, -0.25) is 4.79 Å². The first kappa shape index (κ1) is 12.5. The number of benzene rings is 1. The summed E-state index contributed by atoms with van der Waals surface area (Å²) in [4.78, 5) is 11.5. The van der Waals surface area contributed by atoms with Crippen molar-refractivity contribution in [3.8, 4) is 0 Å². The van der Waals surface area contributed by atoms with Gasteiger partial charge in [-0.2, -0.15) is 0 Å². The molecule has 0 aliphatic rings. The van der Waals surface area contributed by atoms with Crippen LogP contribution in [0.15, 0.2) is 23.1 Å². The van der Waals surface area contributed by atoms with Crippen LogP contribution in [-0.2, 0) is 0 Å². The van der Waals surface area contributed by atoms with E-state index in [-0.39, 0.29) is 35.3 Å². The van der Waals surface area contributed by atoms with E-state index in [0.717, 1.165) is 0 Å². The number of Topliss-reactive ketones (excluding diaryl/α,β-unsaturated/α-hetero) is 1. The van der Waals surface area contributed by atoms with Crippen molar-refractivity contribution in [2.45, 2.75) is 11.8 Å². The van der Waals surface area contributed by atoms with Crippen LogP contribution in [0, 0.1) is 0 Å². The minimum Gasteiger partial charge on any atom is -0.295 e. The number of rotatable bonds is 1. The first-order valence-corrected chi connectivity index (χ1v) is 3.93. The number of ketones is 1. The largest absolute Gasteiger partial charge is 0.295 e. The summed E-state index contributed by atoms with van der Waals surface area (Å²) in [6, 6.07) is 5.03. The van der Waals surface area contributed by atoms with Gasteiger partial charge in [-0.25, -0.2) is 0 Å². The average Bonchev–Trinajstić information content (AvgIpc) is 1.94. The molecule has 1 aromatic carbocycles. The van der Waals surface area contributed by atoms with Gasteiger partial charge in [0.1, 0.15) is 0 Å². The predicted molar refractivity (Wildman–Crippen MR) is 54.5 cm³/mol. The second-order valence-electron chi connectivity index (χ2n) is 2.22. The van der Waals surface area contributed by atoms with Gasteiger partial charge < -0.3 is 0 Å². The Bertz CT molecular complexity index is 301. The van der Waals surface area contributed by atoms with Gasteiger partial charge in [0, 0.05) is 40.0 Å². The van der Waals surface area contributed by atoms with Crippen LogP contribution in [-0.4, -0.2) is 35.3 Å². The van der Waals surface area contributed by atoms with Crippen LogP contribution in [0.5, 0.6) is 0 Å². The van der Waals surface area contributed by atoms with E-state index in [0.29, 0.717) is 15.5 Å². The van der Waals surface area contributed by atoms with E-state index in [4.69, 9.17) is 11.6 Å². The van der Waals surface area contributed by atoms with Crippen LogP contribution < -0.4 is 0 Å². The van der Waals surface area contributed by atoms with Crippen molar-refractivity contribution >= 4 is 59.6 Å². The first-order valence-electron chi connectivity index (χ1n) is 3.10. The van der Waals surface area contributed by atoms with Gasteiger partial charge in [-0.1, -0.05) is 17.7 Å². The van der Waals surface area contributed by atoms with E-state index in [1.807, 2.05) is 0 Å². The molecule has 0 spiro atoms. The fraction of sp³-hybridized carbons (Fsp3) is 0.125. The summed E-state index contributed by atoms with van der Waals surface area (Å²) < 4.78 is 0. The van der Waals surface area contributed by atoms with Crippen LogP contribution in [0.4, 0.5) is 0 Å². The minimum atomic E-state index is 0. The first-order chi connectivity index (χ1) is 5.11. The zero-order valence-electron chi connectivity index (χ0n) is 6.97. The topological polar surface area (TPSA) is 17.1 Å². The number of hydrogen-bond donors (Lipinski definition) is 1. The molecular formula is C8H7ClNaOS. The third-order valence-electron chi connectivity index (χ3n) is 1.35.